The van der Waals surface area contributed by atoms with Gasteiger partial charge in [0.2, 0.25) is 0 Å². The average molecular weight is 365 g/mol. The molecule has 1 saturated heterocycles. The normalized spacial score (nSPS) is 23.4. The number of nitrogens with two attached hydrogens (primary N) is 1. The molecule has 1 fully saturated rings. The summed E-state index contributed by atoms with van der Waals surface area (Å²) < 4.78 is 0. The fourth-order valence-electron chi connectivity index (χ4n) is 5.01. The molecule has 27 heavy (non-hydrogen) atoms. The smallest absolute Gasteiger partial charge is 0.0495 e. The Morgan fingerprint density at radius 3 is 3.00 bits per heavy atom. The van der Waals surface area contributed by atoms with Gasteiger partial charge in [-0.05, 0) is 75.4 Å². The van der Waals surface area contributed by atoms with Crippen LogP contribution in [0.4, 0.5) is 0 Å². The second-order valence-electron chi connectivity index (χ2n) is 8.45. The minimum atomic E-state index is 0.176. The number of aromatic amines is 1. The van der Waals surface area contributed by atoms with Crippen LogP contribution in [-0.4, -0.2) is 40.5 Å². The Kier molecular flexibility index (Phi) is 5.20. The number of aromatic nitrogens is 2. The zero-order valence-corrected chi connectivity index (χ0v) is 16.7. The van der Waals surface area contributed by atoms with Gasteiger partial charge in [-0.1, -0.05) is 13.0 Å². The van der Waals surface area contributed by atoms with Crippen molar-refractivity contribution >= 4 is 5.57 Å². The molecule has 1 aliphatic carbocycles. The average Bonchev–Trinajstić information content (AvgIpc) is 2.97. The number of nitrogens with zero attached hydrogens (tertiary/aromatic N) is 2. The van der Waals surface area contributed by atoms with E-state index < -0.39 is 0 Å². The Morgan fingerprint density at radius 2 is 2.19 bits per heavy atom. The van der Waals surface area contributed by atoms with Crippen LogP contribution in [0.15, 0.2) is 25.0 Å². The van der Waals surface area contributed by atoms with Gasteiger partial charge >= 0.3 is 0 Å². The second-order valence-corrected chi connectivity index (χ2v) is 8.45. The van der Waals surface area contributed by atoms with Crippen molar-refractivity contribution in [3.8, 4) is 11.3 Å². The number of aryl methyl sites for hydroxylation is 1. The lowest BCUT2D eigenvalue weighted by Gasteiger charge is -2.32. The Bertz CT molecular complexity index is 835. The maximum absolute atomic E-state index is 6.22. The first-order chi connectivity index (χ1) is 13.0. The summed E-state index contributed by atoms with van der Waals surface area (Å²) in [6.45, 7) is 7.73. The fourth-order valence-corrected chi connectivity index (χ4v) is 5.01. The highest BCUT2D eigenvalue weighted by Crippen LogP contribution is 2.38. The summed E-state index contributed by atoms with van der Waals surface area (Å²) in [6.07, 6.45) is 12.0. The number of pyridine rings is 1. The van der Waals surface area contributed by atoms with Crippen LogP contribution >= 0.6 is 0 Å². The molecule has 2 unspecified atom stereocenters. The summed E-state index contributed by atoms with van der Waals surface area (Å²) in [5, 5.41) is 0. The Hall–Kier alpha value is -1.91. The number of likely N-dealkylation sites (tertiary alicyclic amines) is 1. The third-order valence-corrected chi connectivity index (χ3v) is 6.50. The van der Waals surface area contributed by atoms with Crippen molar-refractivity contribution in [1.82, 2.24) is 14.9 Å². The van der Waals surface area contributed by atoms with Gasteiger partial charge in [0, 0.05) is 53.4 Å². The van der Waals surface area contributed by atoms with Gasteiger partial charge in [0.15, 0.2) is 0 Å². The first kappa shape index (κ1) is 18.5. The van der Waals surface area contributed by atoms with Crippen molar-refractivity contribution in [2.24, 2.45) is 5.73 Å². The second kappa shape index (κ2) is 7.61. The molecule has 2 aliphatic rings. The van der Waals surface area contributed by atoms with Crippen molar-refractivity contribution < 1.29 is 0 Å². The summed E-state index contributed by atoms with van der Waals surface area (Å²) >= 11 is 0. The highest BCUT2D eigenvalue weighted by Gasteiger charge is 2.26. The molecule has 0 saturated carbocycles. The predicted octanol–water partition coefficient (Wildman–Crippen LogP) is 4.09. The zero-order chi connectivity index (χ0) is 19.0. The standard InChI is InChI=1S/C23H32N4/c1-15-12-18(24)13-21-22(15)16(2)23(26-21)20-9-10-25-14-17(20)7-8-19-6-4-5-11-27(19)3/h9-10,14,18-19,26H,1,4-8,11-13,24H2,2-3H3. The van der Waals surface area contributed by atoms with Crippen LogP contribution in [0.3, 0.4) is 0 Å². The monoisotopic (exact) mass is 364 g/mol. The van der Waals surface area contributed by atoms with E-state index in [0.29, 0.717) is 6.04 Å². The van der Waals surface area contributed by atoms with E-state index in [1.807, 2.05) is 6.20 Å². The first-order valence-corrected chi connectivity index (χ1v) is 10.3. The number of rotatable bonds is 4. The van der Waals surface area contributed by atoms with Gasteiger partial charge in [-0.3, -0.25) is 4.98 Å². The molecular formula is C23H32N4. The molecule has 4 heteroatoms. The van der Waals surface area contributed by atoms with Gasteiger partial charge in [0.25, 0.3) is 0 Å². The van der Waals surface area contributed by atoms with Crippen molar-refractivity contribution in [3.05, 3.63) is 47.4 Å². The van der Waals surface area contributed by atoms with E-state index in [4.69, 9.17) is 5.73 Å². The van der Waals surface area contributed by atoms with Crippen LogP contribution in [0, 0.1) is 6.92 Å². The Labute approximate surface area is 162 Å². The van der Waals surface area contributed by atoms with Gasteiger partial charge < -0.3 is 15.6 Å². The predicted molar refractivity (Wildman–Crippen MR) is 113 cm³/mol. The quantitative estimate of drug-likeness (QED) is 0.859. The van der Waals surface area contributed by atoms with Gasteiger partial charge in [-0.25, -0.2) is 0 Å². The molecule has 2 aromatic rings. The van der Waals surface area contributed by atoms with Crippen LogP contribution in [0.2, 0.25) is 0 Å². The molecule has 2 aromatic heterocycles. The SMILES string of the molecule is C=C1CC(N)Cc2[nH]c(-c3ccncc3CCC3CCCCN3C)c(C)c21. The van der Waals surface area contributed by atoms with Crippen molar-refractivity contribution in [2.75, 3.05) is 13.6 Å². The molecule has 2 atom stereocenters. The van der Waals surface area contributed by atoms with Crippen LogP contribution < -0.4 is 5.73 Å². The molecule has 144 valence electrons. The largest absolute Gasteiger partial charge is 0.358 e. The molecule has 0 spiro atoms. The molecule has 3 heterocycles. The Morgan fingerprint density at radius 1 is 1.33 bits per heavy atom. The molecule has 4 rings (SSSR count). The highest BCUT2D eigenvalue weighted by molar-refractivity contribution is 5.79. The molecule has 0 bridgehead atoms. The molecule has 4 nitrogen and oxygen atoms in total. The lowest BCUT2D eigenvalue weighted by Crippen LogP contribution is -2.36. The minimum Gasteiger partial charge on any atom is -0.358 e. The third-order valence-electron chi connectivity index (χ3n) is 6.50. The van der Waals surface area contributed by atoms with E-state index in [9.17, 15) is 0 Å². The van der Waals surface area contributed by atoms with Crippen molar-refractivity contribution in [3.63, 3.8) is 0 Å². The van der Waals surface area contributed by atoms with Gasteiger partial charge in [-0.15, -0.1) is 0 Å². The molecular weight excluding hydrogens is 332 g/mol. The van der Waals surface area contributed by atoms with Crippen LogP contribution in [0.5, 0.6) is 0 Å². The number of H-pyrrole nitrogens is 1. The van der Waals surface area contributed by atoms with Crippen LogP contribution in [-0.2, 0) is 12.8 Å². The number of fused-ring (bicyclic) bond motifs is 1. The number of nitrogens with one attached hydrogen (secondary N) is 1. The maximum atomic E-state index is 6.22. The van der Waals surface area contributed by atoms with E-state index in [1.54, 1.807) is 0 Å². The van der Waals surface area contributed by atoms with E-state index >= 15 is 0 Å². The highest BCUT2D eigenvalue weighted by atomic mass is 15.1. The Balaban J connectivity index is 1.62. The number of hydrogen-bond donors (Lipinski definition) is 2. The molecule has 0 amide bonds. The number of piperidine rings is 1. The zero-order valence-electron chi connectivity index (χ0n) is 16.7. The van der Waals surface area contributed by atoms with E-state index in [-0.39, 0.29) is 6.04 Å². The van der Waals surface area contributed by atoms with Gasteiger partial charge in [-0.2, -0.15) is 0 Å². The number of hydrogen-bond acceptors (Lipinski definition) is 3. The maximum Gasteiger partial charge on any atom is 0.0495 e. The molecule has 0 radical (unpaired) electrons. The van der Waals surface area contributed by atoms with Crippen molar-refractivity contribution in [2.45, 2.75) is 64.0 Å². The molecule has 3 N–H and O–H groups in total. The summed E-state index contributed by atoms with van der Waals surface area (Å²) in [6, 6.07) is 3.03. The third kappa shape index (κ3) is 3.61. The lowest BCUT2D eigenvalue weighted by molar-refractivity contribution is 0.176. The lowest BCUT2D eigenvalue weighted by atomic mass is 9.87. The summed E-state index contributed by atoms with van der Waals surface area (Å²) in [5.74, 6) is 0. The van der Waals surface area contributed by atoms with E-state index in [0.717, 1.165) is 19.3 Å². The topological polar surface area (TPSA) is 57.9 Å². The minimum absolute atomic E-state index is 0.176. The summed E-state index contributed by atoms with van der Waals surface area (Å²) in [4.78, 5) is 10.6. The molecule has 1 aliphatic heterocycles. The summed E-state index contributed by atoms with van der Waals surface area (Å²) in [5.41, 5.74) is 15.1. The van der Waals surface area contributed by atoms with Gasteiger partial charge in [0.1, 0.15) is 0 Å². The molecule has 0 aromatic carbocycles. The van der Waals surface area contributed by atoms with E-state index in [1.165, 1.54) is 71.4 Å². The first-order valence-electron chi connectivity index (χ1n) is 10.3. The van der Waals surface area contributed by atoms with Crippen molar-refractivity contribution in [1.29, 1.82) is 0 Å². The van der Waals surface area contributed by atoms with E-state index in [2.05, 4.69) is 47.7 Å². The van der Waals surface area contributed by atoms with Crippen LogP contribution in [0.25, 0.3) is 16.8 Å². The fraction of sp³-hybridized carbons (Fsp3) is 0.522. The van der Waals surface area contributed by atoms with Crippen LogP contribution in [0.1, 0.15) is 54.5 Å². The summed E-state index contributed by atoms with van der Waals surface area (Å²) in [7, 11) is 2.27. The van der Waals surface area contributed by atoms with Gasteiger partial charge in [0.05, 0.1) is 0 Å².